The smallest absolute Gasteiger partial charge is 0.0799 e. The van der Waals surface area contributed by atoms with Crippen molar-refractivity contribution in [3.8, 4) is 0 Å². The molecule has 0 aromatic carbocycles. The number of alkyl halides is 1. The van der Waals surface area contributed by atoms with Crippen LogP contribution in [0.15, 0.2) is 0 Å². The first-order valence-corrected chi connectivity index (χ1v) is 6.78. The van der Waals surface area contributed by atoms with Crippen LogP contribution in [0.5, 0.6) is 0 Å². The number of rotatable bonds is 5. The van der Waals surface area contributed by atoms with Crippen molar-refractivity contribution in [3.05, 3.63) is 0 Å². The zero-order valence-corrected chi connectivity index (χ0v) is 10.9. The first-order chi connectivity index (χ1) is 6.76. The van der Waals surface area contributed by atoms with Gasteiger partial charge in [0.25, 0.3) is 0 Å². The van der Waals surface area contributed by atoms with Crippen LogP contribution in [0, 0.1) is 5.92 Å². The van der Waals surface area contributed by atoms with Crippen LogP contribution in [-0.4, -0.2) is 42.6 Å². The number of nitrogens with zero attached hydrogens (tertiary/aromatic N) is 1. The van der Waals surface area contributed by atoms with E-state index in [1.807, 2.05) is 0 Å². The maximum absolute atomic E-state index is 5.61. The largest absolute Gasteiger partial charge is 0.375 e. The summed E-state index contributed by atoms with van der Waals surface area (Å²) >= 11 is 3.48. The quantitative estimate of drug-likeness (QED) is 0.707. The van der Waals surface area contributed by atoms with Crippen LogP contribution < -0.4 is 0 Å². The molecule has 0 aliphatic carbocycles. The van der Waals surface area contributed by atoms with Crippen LogP contribution in [0.3, 0.4) is 0 Å². The Bertz CT molecular complexity index is 154. The molecule has 1 aliphatic heterocycles. The van der Waals surface area contributed by atoms with E-state index in [0.717, 1.165) is 30.9 Å². The van der Waals surface area contributed by atoms with E-state index in [1.54, 1.807) is 0 Å². The number of halogens is 1. The van der Waals surface area contributed by atoms with Crippen molar-refractivity contribution in [3.63, 3.8) is 0 Å². The topological polar surface area (TPSA) is 12.5 Å². The molecule has 0 bridgehead atoms. The molecule has 1 heterocycles. The molecule has 0 saturated carbocycles. The molecule has 0 spiro atoms. The second-order valence-electron chi connectivity index (χ2n) is 4.30. The van der Waals surface area contributed by atoms with Gasteiger partial charge in [0.1, 0.15) is 0 Å². The lowest BCUT2D eigenvalue weighted by molar-refractivity contribution is -0.0196. The van der Waals surface area contributed by atoms with Crippen LogP contribution in [0.2, 0.25) is 0 Å². The summed E-state index contributed by atoms with van der Waals surface area (Å²) in [5, 5.41) is 0.964. The highest BCUT2D eigenvalue weighted by Gasteiger charge is 2.20. The molecule has 2 atom stereocenters. The Hall–Kier alpha value is 0.400. The summed E-state index contributed by atoms with van der Waals surface area (Å²) in [6.07, 6.45) is 3.04. The van der Waals surface area contributed by atoms with E-state index in [9.17, 15) is 0 Å². The Kier molecular flexibility index (Phi) is 6.06. The summed E-state index contributed by atoms with van der Waals surface area (Å²) in [7, 11) is 0. The molecular formula is C11H22BrNO. The molecule has 3 heteroatoms. The summed E-state index contributed by atoms with van der Waals surface area (Å²) < 4.78 is 5.61. The standard InChI is InChI=1S/C11H22BrNO/c1-3-4-10(2)8-13-5-6-14-11(7-12)9-13/h10-11H,3-9H2,1-2H3. The van der Waals surface area contributed by atoms with E-state index in [2.05, 4.69) is 34.7 Å². The number of morpholine rings is 1. The highest BCUT2D eigenvalue weighted by molar-refractivity contribution is 9.09. The molecule has 0 N–H and O–H groups in total. The van der Waals surface area contributed by atoms with Gasteiger partial charge >= 0.3 is 0 Å². The van der Waals surface area contributed by atoms with Crippen molar-refractivity contribution >= 4 is 15.9 Å². The van der Waals surface area contributed by atoms with Gasteiger partial charge in [-0.25, -0.2) is 0 Å². The first-order valence-electron chi connectivity index (χ1n) is 5.66. The van der Waals surface area contributed by atoms with E-state index in [4.69, 9.17) is 4.74 Å². The first kappa shape index (κ1) is 12.5. The Balaban J connectivity index is 2.22. The summed E-state index contributed by atoms with van der Waals surface area (Å²) in [6.45, 7) is 8.95. The molecule has 14 heavy (non-hydrogen) atoms. The van der Waals surface area contributed by atoms with Crippen molar-refractivity contribution in [2.75, 3.05) is 31.6 Å². The van der Waals surface area contributed by atoms with E-state index in [-0.39, 0.29) is 0 Å². The van der Waals surface area contributed by atoms with Gasteiger partial charge in [0, 0.05) is 25.0 Å². The fourth-order valence-electron chi connectivity index (χ4n) is 2.06. The minimum atomic E-state index is 0.401. The molecule has 84 valence electrons. The van der Waals surface area contributed by atoms with Gasteiger partial charge in [-0.2, -0.15) is 0 Å². The van der Waals surface area contributed by atoms with Gasteiger partial charge < -0.3 is 4.74 Å². The molecule has 1 saturated heterocycles. The van der Waals surface area contributed by atoms with E-state index >= 15 is 0 Å². The molecule has 2 nitrogen and oxygen atoms in total. The third kappa shape index (κ3) is 4.28. The van der Waals surface area contributed by atoms with Gasteiger partial charge in [0.05, 0.1) is 12.7 Å². The summed E-state index contributed by atoms with van der Waals surface area (Å²) in [5.41, 5.74) is 0. The lowest BCUT2D eigenvalue weighted by Crippen LogP contribution is -2.44. The summed E-state index contributed by atoms with van der Waals surface area (Å²) in [5.74, 6) is 0.828. The Morgan fingerprint density at radius 2 is 2.36 bits per heavy atom. The maximum atomic E-state index is 5.61. The van der Waals surface area contributed by atoms with E-state index in [1.165, 1.54) is 19.4 Å². The zero-order chi connectivity index (χ0) is 10.4. The number of ether oxygens (including phenoxy) is 1. The highest BCUT2D eigenvalue weighted by atomic mass is 79.9. The van der Waals surface area contributed by atoms with Crippen LogP contribution >= 0.6 is 15.9 Å². The van der Waals surface area contributed by atoms with Crippen molar-refractivity contribution < 1.29 is 4.74 Å². The van der Waals surface area contributed by atoms with Gasteiger partial charge in [-0.3, -0.25) is 4.90 Å². The highest BCUT2D eigenvalue weighted by Crippen LogP contribution is 2.12. The maximum Gasteiger partial charge on any atom is 0.0799 e. The predicted octanol–water partition coefficient (Wildman–Crippen LogP) is 2.52. The molecule has 1 rings (SSSR count). The molecule has 0 aromatic heterocycles. The fraction of sp³-hybridized carbons (Fsp3) is 1.00. The van der Waals surface area contributed by atoms with Crippen LogP contribution in [0.25, 0.3) is 0 Å². The third-order valence-electron chi connectivity index (χ3n) is 2.75. The fourth-order valence-corrected chi connectivity index (χ4v) is 2.46. The Morgan fingerprint density at radius 1 is 1.57 bits per heavy atom. The monoisotopic (exact) mass is 263 g/mol. The van der Waals surface area contributed by atoms with Crippen LogP contribution in [0.4, 0.5) is 0 Å². The zero-order valence-electron chi connectivity index (χ0n) is 9.34. The second kappa shape index (κ2) is 6.81. The van der Waals surface area contributed by atoms with Gasteiger partial charge in [-0.1, -0.05) is 36.2 Å². The van der Waals surface area contributed by atoms with Crippen LogP contribution in [-0.2, 0) is 4.74 Å². The van der Waals surface area contributed by atoms with Crippen molar-refractivity contribution in [2.45, 2.75) is 32.8 Å². The van der Waals surface area contributed by atoms with Crippen LogP contribution in [0.1, 0.15) is 26.7 Å². The van der Waals surface area contributed by atoms with Crippen molar-refractivity contribution in [1.29, 1.82) is 0 Å². The lowest BCUT2D eigenvalue weighted by atomic mass is 10.1. The van der Waals surface area contributed by atoms with Gasteiger partial charge in [0.2, 0.25) is 0 Å². The SMILES string of the molecule is CCCC(C)CN1CCOC(CBr)C1. The molecule has 1 aliphatic rings. The molecule has 2 unspecified atom stereocenters. The molecule has 1 fully saturated rings. The average molecular weight is 264 g/mol. The minimum absolute atomic E-state index is 0.401. The average Bonchev–Trinajstić information content (AvgIpc) is 2.18. The van der Waals surface area contributed by atoms with Crippen molar-refractivity contribution in [1.82, 2.24) is 4.90 Å². The molecule has 0 amide bonds. The number of hydrogen-bond donors (Lipinski definition) is 0. The Labute approximate surface area is 96.1 Å². The summed E-state index contributed by atoms with van der Waals surface area (Å²) in [6, 6.07) is 0. The summed E-state index contributed by atoms with van der Waals surface area (Å²) in [4.78, 5) is 2.54. The van der Waals surface area contributed by atoms with E-state index in [0.29, 0.717) is 6.10 Å². The predicted molar refractivity (Wildman–Crippen MR) is 64.0 cm³/mol. The van der Waals surface area contributed by atoms with Gasteiger partial charge in [-0.05, 0) is 12.3 Å². The molecule has 0 radical (unpaired) electrons. The Morgan fingerprint density at radius 3 is 3.00 bits per heavy atom. The second-order valence-corrected chi connectivity index (χ2v) is 4.95. The number of hydrogen-bond acceptors (Lipinski definition) is 2. The normalized spacial score (nSPS) is 26.4. The minimum Gasteiger partial charge on any atom is -0.375 e. The molecule has 0 aromatic rings. The molecular weight excluding hydrogens is 242 g/mol. The van der Waals surface area contributed by atoms with Crippen molar-refractivity contribution in [2.24, 2.45) is 5.92 Å². The van der Waals surface area contributed by atoms with E-state index < -0.39 is 0 Å². The third-order valence-corrected chi connectivity index (χ3v) is 3.47. The van der Waals surface area contributed by atoms with Gasteiger partial charge in [0.15, 0.2) is 0 Å². The van der Waals surface area contributed by atoms with Gasteiger partial charge in [-0.15, -0.1) is 0 Å². The lowest BCUT2D eigenvalue weighted by Gasteiger charge is -2.33.